The van der Waals surface area contributed by atoms with Gasteiger partial charge in [0.1, 0.15) is 4.99 Å². The van der Waals surface area contributed by atoms with Gasteiger partial charge in [-0.1, -0.05) is 12.2 Å². The summed E-state index contributed by atoms with van der Waals surface area (Å²) in [6.45, 7) is 5.97. The molecule has 2 rings (SSSR count). The summed E-state index contributed by atoms with van der Waals surface area (Å²) in [5.41, 5.74) is 7.08. The van der Waals surface area contributed by atoms with E-state index in [9.17, 15) is 4.79 Å². The number of hydrogen-bond acceptors (Lipinski definition) is 4. The van der Waals surface area contributed by atoms with Gasteiger partial charge >= 0.3 is 0 Å². The number of nitrogens with zero attached hydrogens (tertiary/aromatic N) is 1. The van der Waals surface area contributed by atoms with Crippen molar-refractivity contribution in [2.24, 2.45) is 5.73 Å². The average Bonchev–Trinajstić information content (AvgIpc) is 2.37. The Balaban J connectivity index is 1.88. The van der Waals surface area contributed by atoms with Gasteiger partial charge in [0.15, 0.2) is 0 Å². The van der Waals surface area contributed by atoms with Crippen molar-refractivity contribution in [1.82, 2.24) is 4.90 Å². The largest absolute Gasteiger partial charge is 0.389 e. The fourth-order valence-corrected chi connectivity index (χ4v) is 2.67. The number of thiocarbonyl (C=S) groups is 1. The maximum Gasteiger partial charge on any atom is 0.238 e. The molecule has 1 aromatic rings. The first-order chi connectivity index (χ1) is 9.94. The second kappa shape index (κ2) is 6.98. The molecule has 1 aromatic carbocycles. The Bertz CT molecular complexity index is 508. The second-order valence-corrected chi connectivity index (χ2v) is 5.88. The predicted molar refractivity (Wildman–Crippen MR) is 87.4 cm³/mol. The number of hydrogen-bond donors (Lipinski definition) is 2. The van der Waals surface area contributed by atoms with Gasteiger partial charge < -0.3 is 15.8 Å². The first-order valence-electron chi connectivity index (χ1n) is 7.01. The molecular formula is C15H21N3O2S. The maximum absolute atomic E-state index is 12.1. The van der Waals surface area contributed by atoms with Gasteiger partial charge in [0.2, 0.25) is 5.91 Å². The summed E-state index contributed by atoms with van der Waals surface area (Å²) in [6, 6.07) is 7.21. The van der Waals surface area contributed by atoms with E-state index >= 15 is 0 Å². The van der Waals surface area contributed by atoms with Gasteiger partial charge in [-0.15, -0.1) is 0 Å². The number of carbonyl (C=O) groups excluding carboxylic acids is 1. The lowest BCUT2D eigenvalue weighted by molar-refractivity contribution is -0.121. The minimum absolute atomic E-state index is 0.0284. The lowest BCUT2D eigenvalue weighted by Gasteiger charge is -2.34. The molecule has 0 saturated carbocycles. The normalized spacial score (nSPS) is 22.8. The molecule has 0 spiro atoms. The number of nitrogens with one attached hydrogen (secondary N) is 1. The van der Waals surface area contributed by atoms with E-state index in [0.717, 1.165) is 24.3 Å². The van der Waals surface area contributed by atoms with Crippen LogP contribution >= 0.6 is 12.2 Å². The summed E-state index contributed by atoms with van der Waals surface area (Å²) < 4.78 is 5.65. The lowest BCUT2D eigenvalue weighted by Crippen LogP contribution is -2.48. The molecule has 0 aromatic heterocycles. The van der Waals surface area contributed by atoms with Gasteiger partial charge in [0.05, 0.1) is 18.8 Å². The molecule has 6 heteroatoms. The van der Waals surface area contributed by atoms with Crippen molar-refractivity contribution in [2.45, 2.75) is 26.1 Å². The van der Waals surface area contributed by atoms with Gasteiger partial charge in [-0.05, 0) is 38.1 Å². The zero-order chi connectivity index (χ0) is 15.4. The standard InChI is InChI=1S/C15H21N3O2S/c1-10-7-18(8-11(2)20-10)9-14(19)17-13-5-3-12(4-6-13)15(16)21/h3-6,10-11H,7-9H2,1-2H3,(H2,16,21)(H,17,19). The van der Waals surface area contributed by atoms with Crippen LogP contribution in [0, 0.1) is 0 Å². The van der Waals surface area contributed by atoms with Gasteiger partial charge in [-0.25, -0.2) is 0 Å². The summed E-state index contributed by atoms with van der Waals surface area (Å²) in [4.78, 5) is 14.5. The summed E-state index contributed by atoms with van der Waals surface area (Å²) in [5, 5.41) is 2.88. The van der Waals surface area contributed by atoms with E-state index in [0.29, 0.717) is 11.5 Å². The molecule has 1 saturated heterocycles. The predicted octanol–water partition coefficient (Wildman–Crippen LogP) is 1.37. The fraction of sp³-hybridized carbons (Fsp3) is 0.467. The number of anilines is 1. The Hall–Kier alpha value is -1.50. The number of rotatable bonds is 4. The van der Waals surface area contributed by atoms with Crippen LogP contribution in [0.4, 0.5) is 5.69 Å². The molecule has 1 aliphatic heterocycles. The van der Waals surface area contributed by atoms with Crippen molar-refractivity contribution in [2.75, 3.05) is 25.0 Å². The van der Waals surface area contributed by atoms with Gasteiger partial charge in [-0.3, -0.25) is 9.69 Å². The SMILES string of the molecule is CC1CN(CC(=O)Nc2ccc(C(N)=S)cc2)CC(C)O1. The van der Waals surface area contributed by atoms with Gasteiger partial charge in [0.25, 0.3) is 0 Å². The Morgan fingerprint density at radius 3 is 2.43 bits per heavy atom. The molecule has 1 aliphatic rings. The quantitative estimate of drug-likeness (QED) is 0.822. The third-order valence-corrected chi connectivity index (χ3v) is 3.55. The van der Waals surface area contributed by atoms with Crippen molar-refractivity contribution in [3.05, 3.63) is 29.8 Å². The van der Waals surface area contributed by atoms with Crippen molar-refractivity contribution in [3.63, 3.8) is 0 Å². The first-order valence-corrected chi connectivity index (χ1v) is 7.42. The third kappa shape index (κ3) is 4.77. The minimum Gasteiger partial charge on any atom is -0.389 e. The van der Waals surface area contributed by atoms with E-state index in [4.69, 9.17) is 22.7 Å². The van der Waals surface area contributed by atoms with Gasteiger partial charge in [0, 0.05) is 24.3 Å². The highest BCUT2D eigenvalue weighted by molar-refractivity contribution is 7.80. The molecule has 5 nitrogen and oxygen atoms in total. The topological polar surface area (TPSA) is 67.6 Å². The fourth-order valence-electron chi connectivity index (χ4n) is 2.53. The number of nitrogens with two attached hydrogens (primary N) is 1. The zero-order valence-corrected chi connectivity index (χ0v) is 13.2. The van der Waals surface area contributed by atoms with Crippen LogP contribution in [0.5, 0.6) is 0 Å². The number of amides is 1. The van der Waals surface area contributed by atoms with Crippen molar-refractivity contribution in [3.8, 4) is 0 Å². The summed E-state index contributed by atoms with van der Waals surface area (Å²) in [6.07, 6.45) is 0.317. The number of morpholine rings is 1. The highest BCUT2D eigenvalue weighted by Crippen LogP contribution is 2.12. The van der Waals surface area contributed by atoms with Crippen LogP contribution < -0.4 is 11.1 Å². The highest BCUT2D eigenvalue weighted by Gasteiger charge is 2.23. The van der Waals surface area contributed by atoms with Gasteiger partial charge in [-0.2, -0.15) is 0 Å². The van der Waals surface area contributed by atoms with Crippen LogP contribution in [0.2, 0.25) is 0 Å². The molecule has 1 amide bonds. The van der Waals surface area contributed by atoms with Crippen LogP contribution in [0.3, 0.4) is 0 Å². The molecule has 0 bridgehead atoms. The van der Waals surface area contributed by atoms with Crippen molar-refractivity contribution < 1.29 is 9.53 Å². The minimum atomic E-state index is -0.0284. The summed E-state index contributed by atoms with van der Waals surface area (Å²) in [5.74, 6) is -0.0284. The van der Waals surface area contributed by atoms with Crippen molar-refractivity contribution >= 4 is 28.8 Å². The zero-order valence-electron chi connectivity index (χ0n) is 12.3. The monoisotopic (exact) mass is 307 g/mol. The molecule has 0 aliphatic carbocycles. The molecule has 1 heterocycles. The van der Waals surface area contributed by atoms with E-state index in [1.165, 1.54) is 0 Å². The third-order valence-electron chi connectivity index (χ3n) is 3.32. The number of benzene rings is 1. The summed E-state index contributed by atoms with van der Waals surface area (Å²) >= 11 is 4.90. The molecule has 0 radical (unpaired) electrons. The maximum atomic E-state index is 12.1. The van der Waals surface area contributed by atoms with Crippen LogP contribution in [0.1, 0.15) is 19.4 Å². The van der Waals surface area contributed by atoms with E-state index in [1.807, 2.05) is 13.8 Å². The first kappa shape index (κ1) is 15.9. The van der Waals surface area contributed by atoms with E-state index in [1.54, 1.807) is 24.3 Å². The molecule has 3 N–H and O–H groups in total. The highest BCUT2D eigenvalue weighted by atomic mass is 32.1. The Labute approximate surface area is 130 Å². The molecule has 114 valence electrons. The molecule has 1 fully saturated rings. The van der Waals surface area contributed by atoms with Crippen LogP contribution in [0.25, 0.3) is 0 Å². The Morgan fingerprint density at radius 1 is 1.33 bits per heavy atom. The molecule has 21 heavy (non-hydrogen) atoms. The number of ether oxygens (including phenoxy) is 1. The Kier molecular flexibility index (Phi) is 5.27. The van der Waals surface area contributed by atoms with Crippen LogP contribution in [-0.2, 0) is 9.53 Å². The molecule has 2 unspecified atom stereocenters. The van der Waals surface area contributed by atoms with Crippen molar-refractivity contribution in [1.29, 1.82) is 0 Å². The smallest absolute Gasteiger partial charge is 0.238 e. The van der Waals surface area contributed by atoms with E-state index in [-0.39, 0.29) is 18.1 Å². The van der Waals surface area contributed by atoms with Crippen LogP contribution in [-0.4, -0.2) is 47.6 Å². The lowest BCUT2D eigenvalue weighted by atomic mass is 10.2. The second-order valence-electron chi connectivity index (χ2n) is 5.44. The summed E-state index contributed by atoms with van der Waals surface area (Å²) in [7, 11) is 0. The molecule has 2 atom stereocenters. The molecular weight excluding hydrogens is 286 g/mol. The van der Waals surface area contributed by atoms with E-state index < -0.39 is 0 Å². The Morgan fingerprint density at radius 2 is 1.90 bits per heavy atom. The van der Waals surface area contributed by atoms with Crippen LogP contribution in [0.15, 0.2) is 24.3 Å². The number of carbonyl (C=O) groups is 1. The van der Waals surface area contributed by atoms with E-state index in [2.05, 4.69) is 10.2 Å². The average molecular weight is 307 g/mol.